The first kappa shape index (κ1) is 23.4. The van der Waals surface area contributed by atoms with Crippen LogP contribution in [0.15, 0.2) is 54.7 Å². The maximum atomic E-state index is 13.0. The molecule has 2 aliphatic rings. The minimum Gasteiger partial charge on any atom is -0.492 e. The van der Waals surface area contributed by atoms with Crippen molar-refractivity contribution >= 4 is 34.1 Å². The summed E-state index contributed by atoms with van der Waals surface area (Å²) < 4.78 is 13.4. The predicted octanol–water partition coefficient (Wildman–Crippen LogP) is 3.36. The van der Waals surface area contributed by atoms with Gasteiger partial charge in [-0.05, 0) is 43.3 Å². The highest BCUT2D eigenvalue weighted by Crippen LogP contribution is 2.33. The van der Waals surface area contributed by atoms with Gasteiger partial charge in [-0.1, -0.05) is 12.1 Å². The first-order valence-corrected chi connectivity index (χ1v) is 12.3. The number of anilines is 2. The van der Waals surface area contributed by atoms with E-state index in [0.29, 0.717) is 18.9 Å². The summed E-state index contributed by atoms with van der Waals surface area (Å²) in [5.41, 5.74) is 2.61. The van der Waals surface area contributed by atoms with Crippen LogP contribution < -0.4 is 15.0 Å². The van der Waals surface area contributed by atoms with E-state index < -0.39 is 5.92 Å². The summed E-state index contributed by atoms with van der Waals surface area (Å²) in [6.45, 7) is 8.24. The number of rotatable bonds is 8. The second-order valence-electron chi connectivity index (χ2n) is 9.03. The average molecular weight is 477 g/mol. The second kappa shape index (κ2) is 10.5. The summed E-state index contributed by atoms with van der Waals surface area (Å²) in [4.78, 5) is 29.8. The summed E-state index contributed by atoms with van der Waals surface area (Å²) in [6, 6.07) is 15.5. The molecule has 1 N–H and O–H groups in total. The molecule has 2 saturated heterocycles. The summed E-state index contributed by atoms with van der Waals surface area (Å²) in [5.74, 6) is 0.0462. The van der Waals surface area contributed by atoms with Crippen LogP contribution in [-0.4, -0.2) is 67.3 Å². The zero-order valence-corrected chi connectivity index (χ0v) is 20.1. The lowest BCUT2D eigenvalue weighted by atomic mass is 10.1. The Hall–Kier alpha value is -3.36. The molecule has 2 amide bonds. The van der Waals surface area contributed by atoms with Crippen molar-refractivity contribution in [1.82, 2.24) is 9.47 Å². The zero-order chi connectivity index (χ0) is 24.2. The lowest BCUT2D eigenvalue weighted by Gasteiger charge is -2.26. The monoisotopic (exact) mass is 476 g/mol. The van der Waals surface area contributed by atoms with Crippen molar-refractivity contribution in [2.75, 3.05) is 56.2 Å². The van der Waals surface area contributed by atoms with E-state index in [9.17, 15) is 9.59 Å². The molecule has 0 bridgehead atoms. The maximum absolute atomic E-state index is 13.0. The number of amides is 2. The Morgan fingerprint density at radius 3 is 2.77 bits per heavy atom. The SMILES string of the molecule is CCOc1ccccc1N1CC(C(=O)Nc2ccc3c(ccn3CCN3CCOCC3)c2)CC1=O. The van der Waals surface area contributed by atoms with Crippen molar-refractivity contribution in [2.24, 2.45) is 5.92 Å². The van der Waals surface area contributed by atoms with Crippen molar-refractivity contribution in [3.63, 3.8) is 0 Å². The van der Waals surface area contributed by atoms with Crippen LogP contribution in [-0.2, 0) is 20.9 Å². The summed E-state index contributed by atoms with van der Waals surface area (Å²) >= 11 is 0. The van der Waals surface area contributed by atoms with E-state index in [1.165, 1.54) is 0 Å². The molecule has 2 fully saturated rings. The third kappa shape index (κ3) is 5.18. The van der Waals surface area contributed by atoms with Gasteiger partial charge in [0.05, 0.1) is 31.4 Å². The van der Waals surface area contributed by atoms with E-state index in [1.54, 1.807) is 4.90 Å². The molecule has 8 heteroatoms. The average Bonchev–Trinajstić information content (AvgIpc) is 3.47. The van der Waals surface area contributed by atoms with Gasteiger partial charge in [-0.2, -0.15) is 0 Å². The Balaban J connectivity index is 1.22. The molecule has 0 aliphatic carbocycles. The molecule has 3 aromatic rings. The van der Waals surface area contributed by atoms with E-state index in [4.69, 9.17) is 9.47 Å². The Labute approximate surface area is 205 Å². The van der Waals surface area contributed by atoms with Gasteiger partial charge in [-0.25, -0.2) is 0 Å². The minimum absolute atomic E-state index is 0.0647. The molecule has 0 spiro atoms. The van der Waals surface area contributed by atoms with Crippen molar-refractivity contribution in [1.29, 1.82) is 0 Å². The quantitative estimate of drug-likeness (QED) is 0.540. The number of hydrogen-bond donors (Lipinski definition) is 1. The molecule has 1 aromatic heterocycles. The van der Waals surface area contributed by atoms with Crippen LogP contribution in [0.25, 0.3) is 10.9 Å². The van der Waals surface area contributed by atoms with Crippen molar-refractivity contribution in [3.05, 3.63) is 54.7 Å². The minimum atomic E-state index is -0.411. The number of carbonyl (C=O) groups excluding carboxylic acids is 2. The first-order chi connectivity index (χ1) is 17.1. The van der Waals surface area contributed by atoms with Crippen LogP contribution >= 0.6 is 0 Å². The Morgan fingerprint density at radius 2 is 1.94 bits per heavy atom. The number of morpholine rings is 1. The fraction of sp³-hybridized carbons (Fsp3) is 0.407. The molecule has 184 valence electrons. The molecule has 8 nitrogen and oxygen atoms in total. The lowest BCUT2D eigenvalue weighted by Crippen LogP contribution is -2.38. The number of nitrogens with one attached hydrogen (secondary N) is 1. The number of ether oxygens (including phenoxy) is 2. The van der Waals surface area contributed by atoms with Crippen molar-refractivity contribution in [3.8, 4) is 5.75 Å². The smallest absolute Gasteiger partial charge is 0.229 e. The van der Waals surface area contributed by atoms with E-state index >= 15 is 0 Å². The number of para-hydroxylation sites is 2. The van der Waals surface area contributed by atoms with Gasteiger partial charge < -0.3 is 24.3 Å². The maximum Gasteiger partial charge on any atom is 0.229 e. The molecule has 1 unspecified atom stereocenters. The zero-order valence-electron chi connectivity index (χ0n) is 20.1. The van der Waals surface area contributed by atoms with E-state index in [1.807, 2.05) is 43.3 Å². The Kier molecular flexibility index (Phi) is 7.01. The highest BCUT2D eigenvalue weighted by Gasteiger charge is 2.36. The van der Waals surface area contributed by atoms with Gasteiger partial charge in [-0.3, -0.25) is 14.5 Å². The lowest BCUT2D eigenvalue weighted by molar-refractivity contribution is -0.122. The van der Waals surface area contributed by atoms with Gasteiger partial charge in [0.2, 0.25) is 11.8 Å². The summed E-state index contributed by atoms with van der Waals surface area (Å²) in [6.07, 6.45) is 2.28. The topological polar surface area (TPSA) is 76.0 Å². The van der Waals surface area contributed by atoms with Crippen molar-refractivity contribution in [2.45, 2.75) is 19.9 Å². The van der Waals surface area contributed by atoms with Gasteiger partial charge in [0.25, 0.3) is 0 Å². The fourth-order valence-corrected chi connectivity index (χ4v) is 4.86. The van der Waals surface area contributed by atoms with Gasteiger partial charge in [0, 0.05) is 61.9 Å². The second-order valence-corrected chi connectivity index (χ2v) is 9.03. The molecule has 5 rings (SSSR count). The number of benzene rings is 2. The van der Waals surface area contributed by atoms with Crippen LogP contribution in [0.1, 0.15) is 13.3 Å². The Bertz CT molecular complexity index is 1200. The summed E-state index contributed by atoms with van der Waals surface area (Å²) in [5, 5.41) is 4.10. The normalized spacial score (nSPS) is 18.8. The summed E-state index contributed by atoms with van der Waals surface area (Å²) in [7, 11) is 0. The van der Waals surface area contributed by atoms with Crippen LogP contribution in [0.5, 0.6) is 5.75 Å². The number of nitrogens with zero attached hydrogens (tertiary/aromatic N) is 3. The van der Waals surface area contributed by atoms with E-state index in [2.05, 4.69) is 33.1 Å². The third-order valence-electron chi connectivity index (χ3n) is 6.75. The predicted molar refractivity (Wildman–Crippen MR) is 136 cm³/mol. The highest BCUT2D eigenvalue weighted by molar-refractivity contribution is 6.04. The van der Waals surface area contributed by atoms with Crippen LogP contribution in [0.3, 0.4) is 0 Å². The largest absolute Gasteiger partial charge is 0.492 e. The van der Waals surface area contributed by atoms with Gasteiger partial charge in [-0.15, -0.1) is 0 Å². The Morgan fingerprint density at radius 1 is 1.11 bits per heavy atom. The molecular weight excluding hydrogens is 444 g/mol. The van der Waals surface area contributed by atoms with Crippen LogP contribution in [0.4, 0.5) is 11.4 Å². The van der Waals surface area contributed by atoms with Crippen LogP contribution in [0, 0.1) is 5.92 Å². The molecule has 35 heavy (non-hydrogen) atoms. The number of carbonyl (C=O) groups is 2. The van der Waals surface area contributed by atoms with E-state index in [-0.39, 0.29) is 18.2 Å². The first-order valence-electron chi connectivity index (χ1n) is 12.3. The van der Waals surface area contributed by atoms with Gasteiger partial charge in [0.15, 0.2) is 0 Å². The molecular formula is C27H32N4O4. The third-order valence-corrected chi connectivity index (χ3v) is 6.75. The highest BCUT2D eigenvalue weighted by atomic mass is 16.5. The van der Waals surface area contributed by atoms with Crippen LogP contribution in [0.2, 0.25) is 0 Å². The molecule has 1 atom stereocenters. The van der Waals surface area contributed by atoms with Gasteiger partial charge >= 0.3 is 0 Å². The standard InChI is InChI=1S/C27H32N4O4/c1-2-35-25-6-4-3-5-24(25)31-19-21(18-26(31)32)27(33)28-22-7-8-23-20(17-22)9-10-30(23)12-11-29-13-15-34-16-14-29/h3-10,17,21H,2,11-16,18-19H2,1H3,(H,28,33). The fourth-order valence-electron chi connectivity index (χ4n) is 4.86. The van der Waals surface area contributed by atoms with E-state index in [0.717, 1.165) is 61.7 Å². The van der Waals surface area contributed by atoms with Gasteiger partial charge in [0.1, 0.15) is 5.75 Å². The molecule has 3 heterocycles. The molecule has 0 saturated carbocycles. The van der Waals surface area contributed by atoms with Crippen molar-refractivity contribution < 1.29 is 19.1 Å². The molecule has 2 aromatic carbocycles. The molecule has 0 radical (unpaired) electrons. The number of hydrogen-bond acceptors (Lipinski definition) is 5. The number of fused-ring (bicyclic) bond motifs is 1. The number of aromatic nitrogens is 1. The molecule has 2 aliphatic heterocycles.